The Morgan fingerprint density at radius 1 is 1.24 bits per heavy atom. The maximum Gasteiger partial charge on any atom is 0.0990 e. The second-order valence-corrected chi connectivity index (χ2v) is 4.76. The van der Waals surface area contributed by atoms with Crippen molar-refractivity contribution in [2.75, 3.05) is 0 Å². The Morgan fingerprint density at radius 2 is 1.88 bits per heavy atom. The van der Waals surface area contributed by atoms with E-state index in [-0.39, 0.29) is 5.92 Å². The summed E-state index contributed by atoms with van der Waals surface area (Å²) in [4.78, 5) is 0. The molecule has 0 bridgehead atoms. The van der Waals surface area contributed by atoms with Crippen LogP contribution in [-0.2, 0) is 19.9 Å². The number of aryl methyl sites for hydroxylation is 1. The van der Waals surface area contributed by atoms with Gasteiger partial charge < -0.3 is 5.11 Å². The van der Waals surface area contributed by atoms with Gasteiger partial charge in [-0.05, 0) is 36.0 Å². The van der Waals surface area contributed by atoms with Gasteiger partial charge in [-0.15, -0.1) is 0 Å². The van der Waals surface area contributed by atoms with E-state index < -0.39 is 6.10 Å². The molecule has 0 amide bonds. The number of aromatic nitrogens is 2. The fourth-order valence-corrected chi connectivity index (χ4v) is 2.73. The molecule has 1 aliphatic rings. The van der Waals surface area contributed by atoms with Crippen LogP contribution in [0.3, 0.4) is 0 Å². The summed E-state index contributed by atoms with van der Waals surface area (Å²) in [5, 5.41) is 14.5. The highest BCUT2D eigenvalue weighted by atomic mass is 16.3. The van der Waals surface area contributed by atoms with Crippen LogP contribution >= 0.6 is 0 Å². The maximum absolute atomic E-state index is 10.4. The molecule has 0 radical (unpaired) electrons. The van der Waals surface area contributed by atoms with Crippen molar-refractivity contribution in [3.63, 3.8) is 0 Å². The van der Waals surface area contributed by atoms with Crippen LogP contribution in [0.2, 0.25) is 0 Å². The number of nitrogens with zero attached hydrogens (tertiary/aromatic N) is 2. The Balaban J connectivity index is 1.83. The summed E-state index contributed by atoms with van der Waals surface area (Å²) in [5.41, 5.74) is 3.65. The fourth-order valence-electron chi connectivity index (χ4n) is 2.73. The van der Waals surface area contributed by atoms with Gasteiger partial charge in [0.15, 0.2) is 0 Å². The van der Waals surface area contributed by atoms with Gasteiger partial charge in [-0.3, -0.25) is 4.68 Å². The van der Waals surface area contributed by atoms with Crippen LogP contribution in [0.1, 0.15) is 22.9 Å². The number of hydrogen-bond donors (Lipinski definition) is 1. The van der Waals surface area contributed by atoms with E-state index in [1.54, 1.807) is 10.9 Å². The Morgan fingerprint density at radius 3 is 2.41 bits per heavy atom. The average Bonchev–Trinajstić information content (AvgIpc) is 2.93. The van der Waals surface area contributed by atoms with Crippen molar-refractivity contribution in [3.8, 4) is 0 Å². The van der Waals surface area contributed by atoms with Gasteiger partial charge in [-0.1, -0.05) is 24.3 Å². The number of benzene rings is 1. The lowest BCUT2D eigenvalue weighted by molar-refractivity contribution is 0.105. The summed E-state index contributed by atoms with van der Waals surface area (Å²) in [6.07, 6.45) is 3.24. The number of hydrogen-bond acceptors (Lipinski definition) is 2. The van der Waals surface area contributed by atoms with Crippen LogP contribution in [0, 0.1) is 5.92 Å². The number of rotatable bonds is 2. The highest BCUT2D eigenvalue weighted by molar-refractivity contribution is 5.33. The fraction of sp³-hybridized carbons (Fsp3) is 0.357. The summed E-state index contributed by atoms with van der Waals surface area (Å²) in [6, 6.07) is 10.3. The van der Waals surface area contributed by atoms with Crippen LogP contribution in [-0.4, -0.2) is 14.9 Å². The molecule has 1 aliphatic carbocycles. The molecule has 0 spiro atoms. The summed E-state index contributed by atoms with van der Waals surface area (Å²) in [7, 11) is 1.88. The monoisotopic (exact) mass is 228 g/mol. The van der Waals surface area contributed by atoms with E-state index in [1.165, 1.54) is 11.1 Å². The molecule has 1 aromatic heterocycles. The van der Waals surface area contributed by atoms with Crippen molar-refractivity contribution in [1.29, 1.82) is 0 Å². The summed E-state index contributed by atoms with van der Waals surface area (Å²) in [6.45, 7) is 0. The minimum absolute atomic E-state index is 0.280. The molecule has 2 aromatic rings. The first-order valence-electron chi connectivity index (χ1n) is 5.98. The molecule has 3 rings (SSSR count). The normalized spacial score (nSPS) is 17.1. The quantitative estimate of drug-likeness (QED) is 0.852. The van der Waals surface area contributed by atoms with Crippen molar-refractivity contribution in [2.24, 2.45) is 13.0 Å². The molecule has 1 aromatic carbocycles. The van der Waals surface area contributed by atoms with Crippen LogP contribution in [0.15, 0.2) is 36.5 Å². The van der Waals surface area contributed by atoms with Crippen LogP contribution in [0.5, 0.6) is 0 Å². The Kier molecular flexibility index (Phi) is 2.48. The average molecular weight is 228 g/mol. The van der Waals surface area contributed by atoms with Crippen molar-refractivity contribution in [3.05, 3.63) is 53.3 Å². The van der Waals surface area contributed by atoms with Gasteiger partial charge in [0.2, 0.25) is 0 Å². The van der Waals surface area contributed by atoms with Crippen molar-refractivity contribution < 1.29 is 5.11 Å². The van der Waals surface area contributed by atoms with Gasteiger partial charge >= 0.3 is 0 Å². The SMILES string of the molecule is Cn1nccc1C(O)C1Cc2ccccc2C1. The Bertz CT molecular complexity index is 508. The second kappa shape index (κ2) is 4.00. The zero-order chi connectivity index (χ0) is 11.8. The molecule has 1 heterocycles. The second-order valence-electron chi connectivity index (χ2n) is 4.76. The predicted molar refractivity (Wildman–Crippen MR) is 65.5 cm³/mol. The molecule has 17 heavy (non-hydrogen) atoms. The van der Waals surface area contributed by atoms with Crippen molar-refractivity contribution in [2.45, 2.75) is 18.9 Å². The zero-order valence-corrected chi connectivity index (χ0v) is 9.87. The van der Waals surface area contributed by atoms with E-state index in [4.69, 9.17) is 0 Å². The smallest absolute Gasteiger partial charge is 0.0990 e. The van der Waals surface area contributed by atoms with Crippen LogP contribution in [0.4, 0.5) is 0 Å². The molecule has 0 saturated heterocycles. The number of aliphatic hydroxyl groups excluding tert-OH is 1. The molecular weight excluding hydrogens is 212 g/mol. The molecule has 0 aliphatic heterocycles. The summed E-state index contributed by atoms with van der Waals surface area (Å²) >= 11 is 0. The minimum atomic E-state index is -0.421. The summed E-state index contributed by atoms with van der Waals surface area (Å²) in [5.74, 6) is 0.280. The molecule has 0 saturated carbocycles. The molecule has 3 nitrogen and oxygen atoms in total. The van der Waals surface area contributed by atoms with Gasteiger partial charge in [0, 0.05) is 13.2 Å². The van der Waals surface area contributed by atoms with E-state index in [2.05, 4.69) is 29.4 Å². The van der Waals surface area contributed by atoms with E-state index in [1.807, 2.05) is 13.1 Å². The highest BCUT2D eigenvalue weighted by Gasteiger charge is 2.29. The third kappa shape index (κ3) is 1.76. The van der Waals surface area contributed by atoms with Crippen LogP contribution in [0.25, 0.3) is 0 Å². The van der Waals surface area contributed by atoms with Gasteiger partial charge in [-0.2, -0.15) is 5.10 Å². The van der Waals surface area contributed by atoms with E-state index >= 15 is 0 Å². The predicted octanol–water partition coefficient (Wildman–Crippen LogP) is 1.87. The van der Waals surface area contributed by atoms with Gasteiger partial charge in [0.05, 0.1) is 11.8 Å². The lowest BCUT2D eigenvalue weighted by Crippen LogP contribution is -2.16. The Hall–Kier alpha value is -1.61. The molecule has 1 unspecified atom stereocenters. The van der Waals surface area contributed by atoms with Crippen molar-refractivity contribution in [1.82, 2.24) is 9.78 Å². The van der Waals surface area contributed by atoms with E-state index in [9.17, 15) is 5.11 Å². The zero-order valence-electron chi connectivity index (χ0n) is 9.87. The van der Waals surface area contributed by atoms with E-state index in [0.717, 1.165) is 18.5 Å². The molecule has 88 valence electrons. The lowest BCUT2D eigenvalue weighted by Gasteiger charge is -2.17. The van der Waals surface area contributed by atoms with Crippen LogP contribution < -0.4 is 0 Å². The minimum Gasteiger partial charge on any atom is -0.387 e. The molecule has 0 fully saturated rings. The topological polar surface area (TPSA) is 38.0 Å². The first kappa shape index (κ1) is 10.5. The Labute approximate surface area is 101 Å². The highest BCUT2D eigenvalue weighted by Crippen LogP contribution is 2.34. The molecule has 3 heteroatoms. The molecule has 1 atom stereocenters. The van der Waals surface area contributed by atoms with E-state index in [0.29, 0.717) is 0 Å². The summed E-state index contributed by atoms with van der Waals surface area (Å²) < 4.78 is 1.76. The number of fused-ring (bicyclic) bond motifs is 1. The van der Waals surface area contributed by atoms with Gasteiger partial charge in [0.25, 0.3) is 0 Å². The number of aliphatic hydroxyl groups is 1. The largest absolute Gasteiger partial charge is 0.387 e. The third-order valence-electron chi connectivity index (χ3n) is 3.69. The first-order chi connectivity index (χ1) is 8.25. The van der Waals surface area contributed by atoms with Gasteiger partial charge in [0.1, 0.15) is 0 Å². The molecule has 1 N–H and O–H groups in total. The first-order valence-corrected chi connectivity index (χ1v) is 5.98. The van der Waals surface area contributed by atoms with Gasteiger partial charge in [-0.25, -0.2) is 0 Å². The maximum atomic E-state index is 10.4. The lowest BCUT2D eigenvalue weighted by atomic mass is 9.97. The standard InChI is InChI=1S/C14H16N2O/c1-16-13(6-7-15-16)14(17)12-8-10-4-2-3-5-11(10)9-12/h2-7,12,14,17H,8-9H2,1H3. The van der Waals surface area contributed by atoms with Crippen molar-refractivity contribution >= 4 is 0 Å². The third-order valence-corrected chi connectivity index (χ3v) is 3.69. The molecular formula is C14H16N2O.